The summed E-state index contributed by atoms with van der Waals surface area (Å²) in [7, 11) is 0. The van der Waals surface area contributed by atoms with Crippen molar-refractivity contribution < 1.29 is 17.6 Å². The molecule has 0 heterocycles. The minimum atomic E-state index is -4.72. The summed E-state index contributed by atoms with van der Waals surface area (Å²) in [6, 6.07) is 0.823. The van der Waals surface area contributed by atoms with Crippen LogP contribution in [0.15, 0.2) is 10.5 Å². The van der Waals surface area contributed by atoms with E-state index < -0.39 is 28.3 Å². The molecule has 0 fully saturated rings. The molecule has 7 heteroatoms. The van der Waals surface area contributed by atoms with E-state index in [9.17, 15) is 17.6 Å². The molecule has 0 atom stereocenters. The molecule has 78 valence electrons. The Labute approximate surface area is 90.0 Å². The summed E-state index contributed by atoms with van der Waals surface area (Å²) in [6.07, 6.45) is -4.72. The van der Waals surface area contributed by atoms with E-state index in [0.717, 1.165) is 6.07 Å². The van der Waals surface area contributed by atoms with Crippen LogP contribution in [0, 0.1) is 5.82 Å². The molecular formula is C7H3BrClF4N. The molecule has 0 aliphatic rings. The van der Waals surface area contributed by atoms with Gasteiger partial charge in [-0.25, -0.2) is 4.39 Å². The zero-order chi connectivity index (χ0) is 11.1. The van der Waals surface area contributed by atoms with Crippen LogP contribution in [-0.2, 0) is 6.18 Å². The van der Waals surface area contributed by atoms with Gasteiger partial charge in [0.25, 0.3) is 0 Å². The van der Waals surface area contributed by atoms with E-state index in [-0.39, 0.29) is 4.47 Å². The number of nitrogen functional groups attached to an aromatic ring is 1. The molecule has 0 aromatic heterocycles. The molecule has 0 bridgehead atoms. The highest BCUT2D eigenvalue weighted by molar-refractivity contribution is 9.10. The summed E-state index contributed by atoms with van der Waals surface area (Å²) in [5.74, 6) is -1.26. The number of halogens is 6. The number of hydrogen-bond acceptors (Lipinski definition) is 1. The SMILES string of the molecule is Nc1cc(Br)c(C(F)(F)F)c(Cl)c1F. The molecule has 1 nitrogen and oxygen atoms in total. The number of nitrogens with two attached hydrogens (primary N) is 1. The van der Waals surface area contributed by atoms with Gasteiger partial charge >= 0.3 is 6.18 Å². The van der Waals surface area contributed by atoms with Gasteiger partial charge in [0, 0.05) is 4.47 Å². The van der Waals surface area contributed by atoms with Crippen molar-refractivity contribution in [3.05, 3.63) is 26.9 Å². The molecule has 0 aliphatic carbocycles. The van der Waals surface area contributed by atoms with Crippen LogP contribution in [0.3, 0.4) is 0 Å². The minimum absolute atomic E-state index is 0.381. The highest BCUT2D eigenvalue weighted by atomic mass is 79.9. The standard InChI is InChI=1S/C7H3BrClF4N/c8-2-1-3(14)6(10)5(9)4(2)7(11,12)13/h1H,14H2. The van der Waals surface area contributed by atoms with Crippen LogP contribution >= 0.6 is 27.5 Å². The van der Waals surface area contributed by atoms with Gasteiger partial charge in [-0.1, -0.05) is 27.5 Å². The lowest BCUT2D eigenvalue weighted by Crippen LogP contribution is -2.09. The van der Waals surface area contributed by atoms with Gasteiger partial charge in [0.2, 0.25) is 0 Å². The Morgan fingerprint density at radius 1 is 1.36 bits per heavy atom. The zero-order valence-corrected chi connectivity index (χ0v) is 8.76. The Balaban J connectivity index is 3.53. The van der Waals surface area contributed by atoms with Gasteiger partial charge in [-0.15, -0.1) is 0 Å². The second-order valence-electron chi connectivity index (χ2n) is 2.45. The molecule has 0 saturated heterocycles. The first-order valence-corrected chi connectivity index (χ1v) is 4.42. The fraction of sp³-hybridized carbons (Fsp3) is 0.143. The van der Waals surface area contributed by atoms with Crippen molar-refractivity contribution in [1.82, 2.24) is 0 Å². The third-order valence-corrected chi connectivity index (χ3v) is 2.45. The van der Waals surface area contributed by atoms with Gasteiger partial charge in [0.15, 0.2) is 5.82 Å². The predicted molar refractivity (Wildman–Crippen MR) is 48.5 cm³/mol. The Morgan fingerprint density at radius 2 is 1.86 bits per heavy atom. The quantitative estimate of drug-likeness (QED) is 0.439. The summed E-state index contributed by atoms with van der Waals surface area (Å²) in [6.45, 7) is 0. The van der Waals surface area contributed by atoms with E-state index in [1.54, 1.807) is 0 Å². The predicted octanol–water partition coefficient (Wildman–Crippen LogP) is 3.84. The van der Waals surface area contributed by atoms with Crippen LogP contribution in [0.4, 0.5) is 23.2 Å². The summed E-state index contributed by atoms with van der Waals surface area (Å²) in [5, 5.41) is -1.02. The van der Waals surface area contributed by atoms with E-state index in [1.807, 2.05) is 0 Å². The lowest BCUT2D eigenvalue weighted by atomic mass is 10.2. The first kappa shape index (κ1) is 11.6. The van der Waals surface area contributed by atoms with Gasteiger partial charge < -0.3 is 5.73 Å². The average molecular weight is 292 g/mol. The number of hydrogen-bond donors (Lipinski definition) is 1. The number of anilines is 1. The van der Waals surface area contributed by atoms with Crippen LogP contribution < -0.4 is 5.73 Å². The van der Waals surface area contributed by atoms with Crippen molar-refractivity contribution in [3.8, 4) is 0 Å². The molecule has 0 aliphatic heterocycles. The van der Waals surface area contributed by atoms with Crippen molar-refractivity contribution >= 4 is 33.2 Å². The largest absolute Gasteiger partial charge is 0.419 e. The van der Waals surface area contributed by atoms with Gasteiger partial charge in [0.1, 0.15) is 0 Å². The lowest BCUT2D eigenvalue weighted by molar-refractivity contribution is -0.138. The van der Waals surface area contributed by atoms with Crippen LogP contribution in [0.1, 0.15) is 5.56 Å². The Hall–Kier alpha value is -0.490. The molecule has 0 unspecified atom stereocenters. The number of rotatable bonds is 0. The van der Waals surface area contributed by atoms with Crippen LogP contribution in [0.5, 0.6) is 0 Å². The van der Waals surface area contributed by atoms with Crippen molar-refractivity contribution in [2.45, 2.75) is 6.18 Å². The second-order valence-corrected chi connectivity index (χ2v) is 3.68. The molecule has 14 heavy (non-hydrogen) atoms. The second kappa shape index (κ2) is 3.58. The summed E-state index contributed by atoms with van der Waals surface area (Å²) >= 11 is 7.80. The maximum atomic E-state index is 12.9. The molecule has 1 aromatic rings. The van der Waals surface area contributed by atoms with Crippen LogP contribution in [-0.4, -0.2) is 0 Å². The lowest BCUT2D eigenvalue weighted by Gasteiger charge is -2.12. The van der Waals surface area contributed by atoms with Gasteiger partial charge in [-0.2, -0.15) is 13.2 Å². The van der Waals surface area contributed by atoms with E-state index in [0.29, 0.717) is 0 Å². The van der Waals surface area contributed by atoms with Gasteiger partial charge in [-0.05, 0) is 6.07 Å². The molecule has 0 spiro atoms. The molecule has 1 aromatic carbocycles. The van der Waals surface area contributed by atoms with Crippen molar-refractivity contribution in [2.75, 3.05) is 5.73 Å². The van der Waals surface area contributed by atoms with Crippen LogP contribution in [0.25, 0.3) is 0 Å². The van der Waals surface area contributed by atoms with Crippen molar-refractivity contribution in [2.24, 2.45) is 0 Å². The first-order chi connectivity index (χ1) is 6.25. The monoisotopic (exact) mass is 291 g/mol. The molecule has 0 radical (unpaired) electrons. The fourth-order valence-corrected chi connectivity index (χ4v) is 1.98. The van der Waals surface area contributed by atoms with Gasteiger partial charge in [0.05, 0.1) is 16.3 Å². The molecule has 0 saturated carbocycles. The van der Waals surface area contributed by atoms with E-state index in [2.05, 4.69) is 15.9 Å². The Kier molecular flexibility index (Phi) is 2.96. The maximum Gasteiger partial charge on any atom is 0.419 e. The van der Waals surface area contributed by atoms with E-state index >= 15 is 0 Å². The fourth-order valence-electron chi connectivity index (χ4n) is 0.873. The van der Waals surface area contributed by atoms with E-state index in [1.165, 1.54) is 0 Å². The number of alkyl halides is 3. The number of benzene rings is 1. The molecular weight excluding hydrogens is 289 g/mol. The first-order valence-electron chi connectivity index (χ1n) is 3.25. The highest BCUT2D eigenvalue weighted by Gasteiger charge is 2.37. The van der Waals surface area contributed by atoms with Gasteiger partial charge in [-0.3, -0.25) is 0 Å². The normalized spacial score (nSPS) is 11.9. The third kappa shape index (κ3) is 1.95. The molecule has 1 rings (SSSR count). The zero-order valence-electron chi connectivity index (χ0n) is 6.42. The topological polar surface area (TPSA) is 26.0 Å². The summed E-state index contributed by atoms with van der Waals surface area (Å²) in [4.78, 5) is 0. The molecule has 0 amide bonds. The van der Waals surface area contributed by atoms with Crippen molar-refractivity contribution in [3.63, 3.8) is 0 Å². The van der Waals surface area contributed by atoms with E-state index in [4.69, 9.17) is 17.3 Å². The smallest absolute Gasteiger partial charge is 0.396 e. The molecule has 2 N–H and O–H groups in total. The summed E-state index contributed by atoms with van der Waals surface area (Å²) < 4.78 is 49.4. The Morgan fingerprint density at radius 3 is 2.29 bits per heavy atom. The highest BCUT2D eigenvalue weighted by Crippen LogP contribution is 2.42. The van der Waals surface area contributed by atoms with Crippen LogP contribution in [0.2, 0.25) is 5.02 Å². The third-order valence-electron chi connectivity index (χ3n) is 1.47. The minimum Gasteiger partial charge on any atom is -0.396 e. The Bertz CT molecular complexity index is 377. The van der Waals surface area contributed by atoms with Crippen molar-refractivity contribution in [1.29, 1.82) is 0 Å². The summed E-state index contributed by atoms with van der Waals surface area (Å²) in [5.41, 5.74) is 3.38. The maximum absolute atomic E-state index is 12.9. The average Bonchev–Trinajstić information content (AvgIpc) is 1.97.